The van der Waals surface area contributed by atoms with E-state index in [0.29, 0.717) is 13.0 Å². The van der Waals surface area contributed by atoms with Crippen LogP contribution in [0.25, 0.3) is 0 Å². The van der Waals surface area contributed by atoms with E-state index in [9.17, 15) is 4.79 Å². The average Bonchev–Trinajstić information content (AvgIpc) is 2.97. The summed E-state index contributed by atoms with van der Waals surface area (Å²) in [5.74, 6) is 0.0870. The van der Waals surface area contributed by atoms with Crippen molar-refractivity contribution in [3.05, 3.63) is 108 Å². The van der Waals surface area contributed by atoms with E-state index in [1.54, 1.807) is 0 Å². The fourth-order valence-electron chi connectivity index (χ4n) is 3.94. The molecule has 0 aliphatic carbocycles. The first-order chi connectivity index (χ1) is 14.1. The molecule has 3 heteroatoms. The maximum Gasteiger partial charge on any atom is 0.258 e. The lowest BCUT2D eigenvalue weighted by Gasteiger charge is -2.30. The summed E-state index contributed by atoms with van der Waals surface area (Å²) in [7, 11) is 0. The lowest BCUT2D eigenvalue weighted by atomic mass is 9.86. The van der Waals surface area contributed by atoms with Gasteiger partial charge in [0.15, 0.2) is 0 Å². The van der Waals surface area contributed by atoms with E-state index in [-0.39, 0.29) is 5.91 Å². The van der Waals surface area contributed by atoms with Gasteiger partial charge in [-0.15, -0.1) is 0 Å². The van der Waals surface area contributed by atoms with Crippen LogP contribution in [-0.4, -0.2) is 5.91 Å². The van der Waals surface area contributed by atoms with E-state index in [4.69, 9.17) is 0 Å². The molecular formula is C26H26N2O. The molecule has 1 aliphatic rings. The van der Waals surface area contributed by atoms with Crippen LogP contribution < -0.4 is 10.2 Å². The molecule has 1 heterocycles. The van der Waals surface area contributed by atoms with Crippen LogP contribution in [0.3, 0.4) is 0 Å². The summed E-state index contributed by atoms with van der Waals surface area (Å²) in [5.41, 5.74) is 4.46. The third kappa shape index (κ3) is 3.68. The summed E-state index contributed by atoms with van der Waals surface area (Å²) >= 11 is 0. The highest BCUT2D eigenvalue weighted by Gasteiger charge is 2.50. The monoisotopic (exact) mass is 382 g/mol. The zero-order valence-electron chi connectivity index (χ0n) is 16.9. The fourth-order valence-corrected chi connectivity index (χ4v) is 3.94. The summed E-state index contributed by atoms with van der Waals surface area (Å²) in [5, 5.41) is 3.60. The number of rotatable bonds is 6. The maximum atomic E-state index is 13.9. The number of anilines is 2. The Bertz CT molecular complexity index is 1020. The molecule has 0 fully saturated rings. The predicted molar refractivity (Wildman–Crippen MR) is 120 cm³/mol. The van der Waals surface area contributed by atoms with Gasteiger partial charge in [-0.1, -0.05) is 78.4 Å². The van der Waals surface area contributed by atoms with Crippen molar-refractivity contribution < 1.29 is 4.79 Å². The summed E-state index contributed by atoms with van der Waals surface area (Å²) in [4.78, 5) is 15.9. The van der Waals surface area contributed by atoms with Crippen LogP contribution in [0.2, 0.25) is 0 Å². The molecule has 1 unspecified atom stereocenters. The second-order valence-corrected chi connectivity index (χ2v) is 7.78. The Morgan fingerprint density at radius 3 is 2.21 bits per heavy atom. The Morgan fingerprint density at radius 2 is 1.52 bits per heavy atom. The molecule has 3 aromatic rings. The van der Waals surface area contributed by atoms with E-state index in [1.807, 2.05) is 71.6 Å². The number of fused-ring (bicyclic) bond motifs is 1. The van der Waals surface area contributed by atoms with Crippen molar-refractivity contribution in [3.63, 3.8) is 0 Å². The van der Waals surface area contributed by atoms with Gasteiger partial charge in [0.2, 0.25) is 0 Å². The number of nitrogens with zero attached hydrogens (tertiary/aromatic N) is 1. The average molecular weight is 383 g/mol. The zero-order chi connectivity index (χ0) is 20.3. The van der Waals surface area contributed by atoms with E-state index in [0.717, 1.165) is 22.5 Å². The number of allylic oxidation sites excluding steroid dienone is 1. The van der Waals surface area contributed by atoms with Gasteiger partial charge in [-0.05, 0) is 37.6 Å². The van der Waals surface area contributed by atoms with Crippen LogP contribution in [0, 0.1) is 0 Å². The Kier molecular flexibility index (Phi) is 5.22. The molecule has 0 aromatic heterocycles. The molecule has 1 aliphatic heterocycles. The third-order valence-corrected chi connectivity index (χ3v) is 5.40. The quantitative estimate of drug-likeness (QED) is 0.539. The van der Waals surface area contributed by atoms with Crippen molar-refractivity contribution in [1.82, 2.24) is 0 Å². The van der Waals surface area contributed by atoms with Crippen LogP contribution in [0.4, 0.5) is 11.4 Å². The molecule has 4 rings (SSSR count). The normalized spacial score (nSPS) is 17.7. The Labute approximate surface area is 172 Å². The Morgan fingerprint density at radius 1 is 0.897 bits per heavy atom. The van der Waals surface area contributed by atoms with E-state index < -0.39 is 5.54 Å². The van der Waals surface area contributed by atoms with E-state index in [2.05, 4.69) is 43.4 Å². The number of nitrogens with one attached hydrogen (secondary N) is 1. The van der Waals surface area contributed by atoms with Gasteiger partial charge in [0.05, 0.1) is 12.2 Å². The third-order valence-electron chi connectivity index (χ3n) is 5.40. The molecule has 3 aromatic carbocycles. The largest absolute Gasteiger partial charge is 0.367 e. The van der Waals surface area contributed by atoms with Gasteiger partial charge in [-0.3, -0.25) is 4.79 Å². The lowest BCUT2D eigenvalue weighted by molar-refractivity contribution is -0.122. The first kappa shape index (κ1) is 19.0. The Balaban J connectivity index is 1.81. The highest BCUT2D eigenvalue weighted by molar-refractivity contribution is 6.09. The van der Waals surface area contributed by atoms with Crippen LogP contribution in [-0.2, 0) is 16.9 Å². The van der Waals surface area contributed by atoms with Crippen molar-refractivity contribution in [3.8, 4) is 0 Å². The minimum absolute atomic E-state index is 0.0870. The highest BCUT2D eigenvalue weighted by Crippen LogP contribution is 2.45. The first-order valence-electron chi connectivity index (χ1n) is 10.0. The number of hydrogen-bond acceptors (Lipinski definition) is 2. The molecule has 1 atom stereocenters. The van der Waals surface area contributed by atoms with Crippen molar-refractivity contribution in [1.29, 1.82) is 0 Å². The van der Waals surface area contributed by atoms with Crippen molar-refractivity contribution in [2.45, 2.75) is 32.4 Å². The number of benzene rings is 3. The second-order valence-electron chi connectivity index (χ2n) is 7.78. The number of hydrogen-bond donors (Lipinski definition) is 1. The molecular weight excluding hydrogens is 356 g/mol. The standard InChI is InChI=1S/C26H26N2O/c1-20(2)17-18-26(27-22-13-7-4-8-14-22)23-15-9-10-16-24(23)28(25(26)29)19-21-11-5-3-6-12-21/h3-17,27H,18-19H2,1-2H3. The topological polar surface area (TPSA) is 32.3 Å². The van der Waals surface area contributed by atoms with E-state index >= 15 is 0 Å². The van der Waals surface area contributed by atoms with Gasteiger partial charge in [-0.2, -0.15) is 0 Å². The molecule has 1 N–H and O–H groups in total. The minimum atomic E-state index is -0.815. The first-order valence-corrected chi connectivity index (χ1v) is 10.0. The van der Waals surface area contributed by atoms with Gasteiger partial charge < -0.3 is 10.2 Å². The minimum Gasteiger partial charge on any atom is -0.367 e. The van der Waals surface area contributed by atoms with Gasteiger partial charge in [0, 0.05) is 17.7 Å². The fraction of sp³-hybridized carbons (Fsp3) is 0.192. The molecule has 3 nitrogen and oxygen atoms in total. The van der Waals surface area contributed by atoms with Crippen LogP contribution in [0.1, 0.15) is 31.4 Å². The SMILES string of the molecule is CC(C)=CCC1(Nc2ccccc2)C(=O)N(Cc2ccccc2)c2ccccc21. The molecule has 29 heavy (non-hydrogen) atoms. The summed E-state index contributed by atoms with van der Waals surface area (Å²) in [6.07, 6.45) is 2.75. The van der Waals surface area contributed by atoms with Crippen molar-refractivity contribution in [2.24, 2.45) is 0 Å². The highest BCUT2D eigenvalue weighted by atomic mass is 16.2. The predicted octanol–water partition coefficient (Wildman–Crippen LogP) is 5.90. The van der Waals surface area contributed by atoms with Crippen LogP contribution >= 0.6 is 0 Å². The Hall–Kier alpha value is -3.33. The van der Waals surface area contributed by atoms with Crippen LogP contribution in [0.5, 0.6) is 0 Å². The van der Waals surface area contributed by atoms with Gasteiger partial charge in [0.25, 0.3) is 5.91 Å². The van der Waals surface area contributed by atoms with Gasteiger partial charge in [0.1, 0.15) is 5.54 Å². The lowest BCUT2D eigenvalue weighted by Crippen LogP contribution is -2.45. The summed E-state index contributed by atoms with van der Waals surface area (Å²) in [6, 6.07) is 28.3. The molecule has 0 bridgehead atoms. The molecule has 0 spiro atoms. The number of carbonyl (C=O) groups excluding carboxylic acids is 1. The molecule has 146 valence electrons. The second kappa shape index (κ2) is 7.96. The van der Waals surface area contributed by atoms with E-state index in [1.165, 1.54) is 5.57 Å². The molecule has 1 amide bonds. The maximum absolute atomic E-state index is 13.9. The summed E-state index contributed by atoms with van der Waals surface area (Å²) < 4.78 is 0. The molecule has 0 saturated carbocycles. The smallest absolute Gasteiger partial charge is 0.258 e. The number of amides is 1. The number of carbonyl (C=O) groups is 1. The zero-order valence-corrected chi connectivity index (χ0v) is 16.9. The molecule has 0 radical (unpaired) electrons. The summed E-state index contributed by atoms with van der Waals surface area (Å²) in [6.45, 7) is 4.70. The van der Waals surface area contributed by atoms with Gasteiger partial charge >= 0.3 is 0 Å². The van der Waals surface area contributed by atoms with Crippen molar-refractivity contribution in [2.75, 3.05) is 10.2 Å². The van der Waals surface area contributed by atoms with Crippen LogP contribution in [0.15, 0.2) is 96.6 Å². The molecule has 0 saturated heterocycles. The van der Waals surface area contributed by atoms with Gasteiger partial charge in [-0.25, -0.2) is 0 Å². The van der Waals surface area contributed by atoms with Crippen molar-refractivity contribution >= 4 is 17.3 Å². The number of para-hydroxylation sites is 2.